The molecule has 6 heteroatoms. The summed E-state index contributed by atoms with van der Waals surface area (Å²) in [5, 5.41) is 4.31. The molecule has 0 amide bonds. The Balaban J connectivity index is 1.80. The number of halogens is 1. The van der Waals surface area contributed by atoms with Gasteiger partial charge in [0.2, 0.25) is 0 Å². The van der Waals surface area contributed by atoms with Crippen molar-refractivity contribution >= 4 is 40.0 Å². The molecule has 0 heterocycles. The van der Waals surface area contributed by atoms with Gasteiger partial charge in [0, 0.05) is 35.2 Å². The minimum atomic E-state index is -3.35. The molecule has 0 radical (unpaired) electrons. The van der Waals surface area contributed by atoms with E-state index in [1.165, 1.54) is 6.42 Å². The Bertz CT molecular complexity index is 1070. The van der Waals surface area contributed by atoms with E-state index in [0.29, 0.717) is 0 Å². The van der Waals surface area contributed by atoms with E-state index >= 15 is 4.57 Å². The molecule has 4 rings (SSSR count). The minimum absolute atomic E-state index is 0.00799. The number of para-hydroxylation sites is 1. The zero-order valence-electron chi connectivity index (χ0n) is 19.3. The summed E-state index contributed by atoms with van der Waals surface area (Å²) < 4.78 is 22.7. The van der Waals surface area contributed by atoms with Gasteiger partial charge in [-0.2, -0.15) is 0 Å². The van der Waals surface area contributed by atoms with Gasteiger partial charge in [0.05, 0.1) is 6.10 Å². The van der Waals surface area contributed by atoms with Gasteiger partial charge in [-0.25, -0.2) is 0 Å². The number of hydrogen-bond donors (Lipinski definition) is 1. The molecule has 3 aromatic rings. The van der Waals surface area contributed by atoms with Crippen molar-refractivity contribution in [2.45, 2.75) is 44.0 Å². The molecule has 3 aromatic carbocycles. The SMILES string of the molecule is CN(C)c1ccc([P@](=O)(OC2CCCCC2)[C@@H](Nc2ccccc2)c2ccc(Br)cc2)cc1. The summed E-state index contributed by atoms with van der Waals surface area (Å²) in [7, 11) is 0.669. The number of hydrogen-bond acceptors (Lipinski definition) is 4. The van der Waals surface area contributed by atoms with Crippen LogP contribution in [0.1, 0.15) is 43.5 Å². The quantitative estimate of drug-likeness (QED) is 0.307. The van der Waals surface area contributed by atoms with E-state index in [0.717, 1.165) is 52.4 Å². The Morgan fingerprint density at radius 1 is 0.909 bits per heavy atom. The van der Waals surface area contributed by atoms with E-state index in [9.17, 15) is 0 Å². The lowest BCUT2D eigenvalue weighted by Crippen LogP contribution is -2.25. The van der Waals surface area contributed by atoms with Gasteiger partial charge in [0.25, 0.3) is 7.37 Å². The fourth-order valence-electron chi connectivity index (χ4n) is 4.32. The van der Waals surface area contributed by atoms with Crippen LogP contribution in [0.4, 0.5) is 11.4 Å². The number of benzene rings is 3. The molecule has 1 aliphatic carbocycles. The lowest BCUT2D eigenvalue weighted by atomic mass is 9.98. The average molecular weight is 527 g/mol. The van der Waals surface area contributed by atoms with Crippen LogP contribution in [0.5, 0.6) is 0 Å². The molecular weight excluding hydrogens is 495 g/mol. The fraction of sp³-hybridized carbons (Fsp3) is 0.333. The van der Waals surface area contributed by atoms with Crippen LogP contribution in [-0.4, -0.2) is 20.2 Å². The molecule has 0 bridgehead atoms. The topological polar surface area (TPSA) is 41.6 Å². The van der Waals surface area contributed by atoms with Gasteiger partial charge in [-0.3, -0.25) is 4.57 Å². The highest BCUT2D eigenvalue weighted by Gasteiger charge is 2.40. The van der Waals surface area contributed by atoms with Crippen LogP contribution in [0, 0.1) is 0 Å². The molecule has 0 saturated heterocycles. The van der Waals surface area contributed by atoms with Crippen LogP contribution in [0.25, 0.3) is 0 Å². The summed E-state index contributed by atoms with van der Waals surface area (Å²) in [6, 6.07) is 26.0. The first-order chi connectivity index (χ1) is 16.0. The Hall–Kier alpha value is -2.07. The molecule has 4 nitrogen and oxygen atoms in total. The third-order valence-corrected chi connectivity index (χ3v) is 9.45. The van der Waals surface area contributed by atoms with Crippen LogP contribution in [0.3, 0.4) is 0 Å². The molecule has 0 aliphatic heterocycles. The summed E-state index contributed by atoms with van der Waals surface area (Å²) in [6.45, 7) is 0. The molecule has 0 spiro atoms. The van der Waals surface area contributed by atoms with Crippen LogP contribution >= 0.6 is 23.3 Å². The van der Waals surface area contributed by atoms with Crippen molar-refractivity contribution in [2.75, 3.05) is 24.3 Å². The summed E-state index contributed by atoms with van der Waals surface area (Å²) >= 11 is 3.53. The predicted molar refractivity (Wildman–Crippen MR) is 143 cm³/mol. The summed E-state index contributed by atoms with van der Waals surface area (Å²) in [6.07, 6.45) is 5.39. The molecule has 1 aliphatic rings. The van der Waals surface area contributed by atoms with Gasteiger partial charge >= 0.3 is 0 Å². The average Bonchev–Trinajstić information content (AvgIpc) is 2.84. The lowest BCUT2D eigenvalue weighted by molar-refractivity contribution is 0.159. The van der Waals surface area contributed by atoms with Gasteiger partial charge in [0.15, 0.2) is 0 Å². The smallest absolute Gasteiger partial charge is 0.258 e. The highest BCUT2D eigenvalue weighted by atomic mass is 79.9. The Labute approximate surface area is 205 Å². The van der Waals surface area contributed by atoms with E-state index in [-0.39, 0.29) is 6.10 Å². The molecule has 0 unspecified atom stereocenters. The molecule has 1 saturated carbocycles. The maximum Gasteiger partial charge on any atom is 0.258 e. The molecule has 174 valence electrons. The molecular formula is C27H32BrN2O2P. The molecule has 1 fully saturated rings. The van der Waals surface area contributed by atoms with E-state index in [2.05, 4.69) is 21.2 Å². The highest BCUT2D eigenvalue weighted by Crippen LogP contribution is 2.60. The van der Waals surface area contributed by atoms with Crippen molar-refractivity contribution in [3.63, 3.8) is 0 Å². The molecule has 2 atom stereocenters. The fourth-order valence-corrected chi connectivity index (χ4v) is 7.23. The maximum atomic E-state index is 15.0. The van der Waals surface area contributed by atoms with E-state index in [4.69, 9.17) is 4.52 Å². The van der Waals surface area contributed by atoms with Crippen LogP contribution in [0.2, 0.25) is 0 Å². The zero-order valence-corrected chi connectivity index (χ0v) is 21.8. The van der Waals surface area contributed by atoms with Crippen LogP contribution in [-0.2, 0) is 9.09 Å². The number of anilines is 2. The molecule has 33 heavy (non-hydrogen) atoms. The second kappa shape index (κ2) is 10.9. The normalized spacial score (nSPS) is 17.2. The van der Waals surface area contributed by atoms with Crippen LogP contribution < -0.4 is 15.5 Å². The van der Waals surface area contributed by atoms with E-state index < -0.39 is 13.2 Å². The summed E-state index contributed by atoms with van der Waals surface area (Å²) in [5.41, 5.74) is 2.93. The predicted octanol–water partition coefficient (Wildman–Crippen LogP) is 7.58. The number of nitrogens with zero attached hydrogens (tertiary/aromatic N) is 1. The highest BCUT2D eigenvalue weighted by molar-refractivity contribution is 9.10. The van der Waals surface area contributed by atoms with E-state index in [1.54, 1.807) is 0 Å². The van der Waals surface area contributed by atoms with Crippen molar-refractivity contribution < 1.29 is 9.09 Å². The maximum absolute atomic E-state index is 15.0. The molecule has 0 aromatic heterocycles. The second-order valence-electron chi connectivity index (χ2n) is 8.84. The van der Waals surface area contributed by atoms with Crippen molar-refractivity contribution in [2.24, 2.45) is 0 Å². The standard InChI is InChI=1S/C27H32BrN2O2P/c1-30(2)24-17-19-26(20-18-24)33(31,32-25-11-7-4-8-12-25)27(21-13-15-22(28)16-14-21)29-23-9-5-3-6-10-23/h3,5-6,9-10,13-20,25,27,29H,4,7-8,11-12H2,1-2H3/t27-,33+/m1/s1. The van der Waals surface area contributed by atoms with Crippen molar-refractivity contribution in [3.05, 3.63) is 88.9 Å². The Kier molecular flexibility index (Phi) is 7.95. The van der Waals surface area contributed by atoms with Gasteiger partial charge < -0.3 is 14.7 Å². The zero-order chi connectivity index (χ0) is 23.3. The summed E-state index contributed by atoms with van der Waals surface area (Å²) in [4.78, 5) is 2.05. The monoisotopic (exact) mass is 526 g/mol. The Morgan fingerprint density at radius 3 is 2.15 bits per heavy atom. The van der Waals surface area contributed by atoms with E-state index in [1.807, 2.05) is 97.9 Å². The Morgan fingerprint density at radius 2 is 1.55 bits per heavy atom. The first-order valence-corrected chi connectivity index (χ1v) is 14.1. The van der Waals surface area contributed by atoms with Gasteiger partial charge in [-0.15, -0.1) is 0 Å². The minimum Gasteiger partial charge on any atom is -0.378 e. The van der Waals surface area contributed by atoms with Crippen molar-refractivity contribution in [1.82, 2.24) is 0 Å². The number of nitrogens with one attached hydrogen (secondary N) is 1. The van der Waals surface area contributed by atoms with Crippen LogP contribution in [0.15, 0.2) is 83.3 Å². The van der Waals surface area contributed by atoms with Gasteiger partial charge in [-0.05, 0) is 66.9 Å². The third-order valence-electron chi connectivity index (χ3n) is 6.19. The number of rotatable bonds is 8. The van der Waals surface area contributed by atoms with Crippen molar-refractivity contribution in [1.29, 1.82) is 0 Å². The first kappa shape index (κ1) is 24.1. The second-order valence-corrected chi connectivity index (χ2v) is 12.2. The summed E-state index contributed by atoms with van der Waals surface area (Å²) in [5.74, 6) is -0.500. The largest absolute Gasteiger partial charge is 0.378 e. The third kappa shape index (κ3) is 5.90. The van der Waals surface area contributed by atoms with Gasteiger partial charge in [-0.1, -0.05) is 65.5 Å². The molecule has 1 N–H and O–H groups in total. The first-order valence-electron chi connectivity index (χ1n) is 11.6. The lowest BCUT2D eigenvalue weighted by Gasteiger charge is -2.34. The van der Waals surface area contributed by atoms with Crippen molar-refractivity contribution in [3.8, 4) is 0 Å². The van der Waals surface area contributed by atoms with Gasteiger partial charge in [0.1, 0.15) is 5.78 Å².